The van der Waals surface area contributed by atoms with Crippen molar-refractivity contribution < 1.29 is 31.8 Å². The maximum Gasteiger partial charge on any atom is 0.238 e. The molecule has 1 saturated carbocycles. The van der Waals surface area contributed by atoms with Crippen LogP contribution in [0.15, 0.2) is 24.4 Å². The number of benzene rings is 1. The fraction of sp³-hybridized carbons (Fsp3) is 0.481. The molecule has 0 atom stereocenters. The lowest BCUT2D eigenvalue weighted by Gasteiger charge is -2.28. The van der Waals surface area contributed by atoms with Gasteiger partial charge in [0.25, 0.3) is 0 Å². The van der Waals surface area contributed by atoms with E-state index in [-0.39, 0.29) is 29.2 Å². The fourth-order valence-corrected chi connectivity index (χ4v) is 5.14. The van der Waals surface area contributed by atoms with E-state index in [1.54, 1.807) is 0 Å². The van der Waals surface area contributed by atoms with Crippen LogP contribution in [0.4, 0.5) is 16.0 Å². The van der Waals surface area contributed by atoms with Gasteiger partial charge in [0.1, 0.15) is 28.6 Å². The van der Waals surface area contributed by atoms with Gasteiger partial charge in [-0.15, -0.1) is 0 Å². The molecule has 2 aromatic heterocycles. The Morgan fingerprint density at radius 2 is 1.80 bits per heavy atom. The highest BCUT2D eigenvalue weighted by molar-refractivity contribution is 7.92. The number of pyridine rings is 1. The number of rotatable bonds is 7. The zero-order valence-electron chi connectivity index (χ0n) is 23.1. The maximum absolute atomic E-state index is 14.9. The summed E-state index contributed by atoms with van der Waals surface area (Å²) >= 11 is 0. The third-order valence-electron chi connectivity index (χ3n) is 6.41. The summed E-state index contributed by atoms with van der Waals surface area (Å²) in [6.45, 7) is 6.14. The average Bonchev–Trinajstić information content (AvgIpc) is 2.94. The molecule has 2 fully saturated rings. The van der Waals surface area contributed by atoms with Gasteiger partial charge in [0, 0.05) is 49.1 Å². The molecule has 1 aromatic carbocycles. The number of nitrogens with zero attached hydrogens (tertiary/aromatic N) is 4. The number of fused-ring (bicyclic) bond motifs is 1. The Morgan fingerprint density at radius 1 is 1.10 bits per heavy atom. The molecule has 1 aliphatic heterocycles. The van der Waals surface area contributed by atoms with Gasteiger partial charge < -0.3 is 19.1 Å². The molecule has 13 heteroatoms. The molecular weight excluding hydrogens is 541 g/mol. The molecule has 1 saturated heterocycles. The Balaban J connectivity index is 0.00000181. The second-order valence-electron chi connectivity index (χ2n) is 9.28. The second-order valence-corrected chi connectivity index (χ2v) is 11.0. The zero-order valence-corrected chi connectivity index (χ0v) is 23.9. The Morgan fingerprint density at radius 3 is 2.45 bits per heavy atom. The molecule has 0 amide bonds. The van der Waals surface area contributed by atoms with E-state index in [0.717, 1.165) is 6.26 Å². The summed E-state index contributed by atoms with van der Waals surface area (Å²) in [6.07, 6.45) is 4.21. The first-order valence-corrected chi connectivity index (χ1v) is 15.1. The average molecular weight is 576 g/mol. The van der Waals surface area contributed by atoms with Crippen molar-refractivity contribution in [3.63, 3.8) is 0 Å². The molecule has 1 N–H and O–H groups in total. The number of morpholine rings is 1. The Hall–Kier alpha value is -3.58. The van der Waals surface area contributed by atoms with Gasteiger partial charge in [0.15, 0.2) is 0 Å². The largest absolute Gasteiger partial charge is 0.488 e. The summed E-state index contributed by atoms with van der Waals surface area (Å²) in [6, 6.07) is 4.15. The molecule has 0 spiro atoms. The standard InChI is InChI=1S/C25H28FN5O6S.C2H6/c1-35-24-20(30-38(2,33)34)11-15(14-27-24)22-19-12-16(26)13-21(37-18-5-3-17(32)4-6-18)23(19)29-25(28-22)31-7-9-36-10-8-31;1-2/h11-14,18,30H,3-10H2,1-2H3;1-2H3. The number of ether oxygens (including phenoxy) is 3. The van der Waals surface area contributed by atoms with Crippen molar-refractivity contribution in [3.05, 3.63) is 30.2 Å². The van der Waals surface area contributed by atoms with E-state index in [1.165, 1.54) is 31.5 Å². The minimum Gasteiger partial charge on any atom is -0.488 e. The number of carbonyl (C=O) groups excluding carboxylic acids is 1. The summed E-state index contributed by atoms with van der Waals surface area (Å²) in [5.74, 6) is 0.388. The molecule has 3 aromatic rings. The number of hydrogen-bond donors (Lipinski definition) is 1. The van der Waals surface area contributed by atoms with Crippen LogP contribution < -0.4 is 19.1 Å². The van der Waals surface area contributed by atoms with E-state index in [4.69, 9.17) is 24.2 Å². The monoisotopic (exact) mass is 575 g/mol. The first-order chi connectivity index (χ1) is 19.2. The number of aromatic nitrogens is 3. The van der Waals surface area contributed by atoms with Gasteiger partial charge in [0.05, 0.1) is 38.4 Å². The van der Waals surface area contributed by atoms with Gasteiger partial charge in [-0.2, -0.15) is 0 Å². The van der Waals surface area contributed by atoms with Crippen molar-refractivity contribution in [1.29, 1.82) is 0 Å². The van der Waals surface area contributed by atoms with E-state index < -0.39 is 15.8 Å². The summed E-state index contributed by atoms with van der Waals surface area (Å²) in [4.78, 5) is 27.4. The Kier molecular flexibility index (Phi) is 9.36. The minimum absolute atomic E-state index is 0.0768. The number of carbonyl (C=O) groups is 1. The molecule has 1 aliphatic carbocycles. The molecule has 0 bridgehead atoms. The number of ketones is 1. The van der Waals surface area contributed by atoms with Crippen LogP contribution in [0.25, 0.3) is 22.2 Å². The molecular formula is C27H34FN5O6S. The maximum atomic E-state index is 14.9. The summed E-state index contributed by atoms with van der Waals surface area (Å²) < 4.78 is 58.2. The van der Waals surface area contributed by atoms with Crippen LogP contribution in [-0.4, -0.2) is 74.9 Å². The number of sulfonamides is 1. The highest BCUT2D eigenvalue weighted by Crippen LogP contribution is 2.37. The van der Waals surface area contributed by atoms with Gasteiger partial charge in [-0.3, -0.25) is 9.52 Å². The van der Waals surface area contributed by atoms with Crippen molar-refractivity contribution >= 4 is 38.3 Å². The number of anilines is 2. The fourth-order valence-electron chi connectivity index (χ4n) is 4.60. The molecule has 0 unspecified atom stereocenters. The van der Waals surface area contributed by atoms with Crippen LogP contribution in [-0.2, 0) is 19.6 Å². The van der Waals surface area contributed by atoms with E-state index >= 15 is 0 Å². The van der Waals surface area contributed by atoms with E-state index in [2.05, 4.69) is 9.71 Å². The molecule has 216 valence electrons. The normalized spacial score (nSPS) is 16.3. The zero-order chi connectivity index (χ0) is 28.9. The van der Waals surface area contributed by atoms with E-state index in [0.29, 0.717) is 80.1 Å². The van der Waals surface area contributed by atoms with E-state index in [9.17, 15) is 17.6 Å². The van der Waals surface area contributed by atoms with Gasteiger partial charge in [-0.05, 0) is 25.0 Å². The van der Waals surface area contributed by atoms with Crippen molar-refractivity contribution in [2.45, 2.75) is 45.6 Å². The third kappa shape index (κ3) is 6.94. The molecule has 2 aliphatic rings. The predicted molar refractivity (Wildman–Crippen MR) is 150 cm³/mol. The van der Waals surface area contributed by atoms with Gasteiger partial charge >= 0.3 is 0 Å². The lowest BCUT2D eigenvalue weighted by molar-refractivity contribution is -0.121. The number of methoxy groups -OCH3 is 1. The quantitative estimate of drug-likeness (QED) is 0.441. The van der Waals surface area contributed by atoms with Gasteiger partial charge in [-0.25, -0.2) is 27.8 Å². The van der Waals surface area contributed by atoms with Crippen LogP contribution >= 0.6 is 0 Å². The van der Waals surface area contributed by atoms with Crippen LogP contribution in [0, 0.1) is 5.82 Å². The minimum atomic E-state index is -3.64. The first-order valence-electron chi connectivity index (χ1n) is 13.2. The SMILES string of the molecule is CC.COc1ncc(-c2nc(N3CCOCC3)nc3c(OC4CCC(=O)CC4)cc(F)cc23)cc1NS(C)(=O)=O. The molecule has 11 nitrogen and oxygen atoms in total. The second kappa shape index (κ2) is 12.7. The summed E-state index contributed by atoms with van der Waals surface area (Å²) in [5.41, 5.74) is 1.31. The van der Waals surface area contributed by atoms with Crippen molar-refractivity contribution in [3.8, 4) is 22.9 Å². The molecule has 0 radical (unpaired) electrons. The summed E-state index contributed by atoms with van der Waals surface area (Å²) in [5, 5.41) is 0.376. The van der Waals surface area contributed by atoms with Crippen LogP contribution in [0.5, 0.6) is 11.6 Å². The number of nitrogens with one attached hydrogen (secondary N) is 1. The number of halogens is 1. The first kappa shape index (κ1) is 29.4. The van der Waals surface area contributed by atoms with E-state index in [1.807, 2.05) is 18.7 Å². The highest BCUT2D eigenvalue weighted by Gasteiger charge is 2.25. The number of Topliss-reactive ketones (excluding diaryl/α,β-unsaturated/α-hetero) is 1. The van der Waals surface area contributed by atoms with Crippen molar-refractivity contribution in [2.75, 3.05) is 49.3 Å². The third-order valence-corrected chi connectivity index (χ3v) is 7.00. The smallest absolute Gasteiger partial charge is 0.238 e. The predicted octanol–water partition coefficient (Wildman–Crippen LogP) is 3.96. The highest BCUT2D eigenvalue weighted by atomic mass is 32.2. The molecule has 40 heavy (non-hydrogen) atoms. The van der Waals surface area contributed by atoms with Gasteiger partial charge in [-0.1, -0.05) is 13.8 Å². The van der Waals surface area contributed by atoms with Crippen molar-refractivity contribution in [1.82, 2.24) is 15.0 Å². The summed E-state index contributed by atoms with van der Waals surface area (Å²) in [7, 11) is -2.26. The van der Waals surface area contributed by atoms with Crippen molar-refractivity contribution in [2.24, 2.45) is 0 Å². The lowest BCUT2D eigenvalue weighted by Crippen LogP contribution is -2.37. The Bertz CT molecular complexity index is 1470. The van der Waals surface area contributed by atoms with Crippen LogP contribution in [0.1, 0.15) is 39.5 Å². The van der Waals surface area contributed by atoms with Crippen LogP contribution in [0.2, 0.25) is 0 Å². The van der Waals surface area contributed by atoms with Gasteiger partial charge in [0.2, 0.25) is 21.9 Å². The molecule has 3 heterocycles. The lowest BCUT2D eigenvalue weighted by atomic mass is 9.96. The topological polar surface area (TPSA) is 133 Å². The molecule has 5 rings (SSSR count). The number of hydrogen-bond acceptors (Lipinski definition) is 10. The Labute approximate surface area is 233 Å². The van der Waals surface area contributed by atoms with Crippen LogP contribution in [0.3, 0.4) is 0 Å².